The molecule has 0 spiro atoms. The van der Waals surface area contributed by atoms with Crippen LogP contribution in [0.15, 0.2) is 24.3 Å². The number of imidazole rings is 1. The molecule has 0 saturated heterocycles. The van der Waals surface area contributed by atoms with Crippen LogP contribution in [0, 0.1) is 0 Å². The van der Waals surface area contributed by atoms with Crippen molar-refractivity contribution in [3.8, 4) is 11.4 Å². The number of fused-ring (bicyclic) bond motifs is 1. The fraction of sp³-hybridized carbons (Fsp3) is 0. The smallest absolute Gasteiger partial charge is 0.179 e. The van der Waals surface area contributed by atoms with Gasteiger partial charge in [0.05, 0.1) is 10.0 Å². The summed E-state index contributed by atoms with van der Waals surface area (Å²) in [4.78, 5) is 8.37. The average Bonchev–Trinajstić information content (AvgIpc) is 2.71. The lowest BCUT2D eigenvalue weighted by atomic mass is 10.2. The molecule has 20 heavy (non-hydrogen) atoms. The molecule has 8 heteroatoms. The van der Waals surface area contributed by atoms with Gasteiger partial charge in [-0.2, -0.15) is 0 Å². The summed E-state index contributed by atoms with van der Waals surface area (Å²) in [6.07, 6.45) is 0. The fourth-order valence-corrected chi connectivity index (χ4v) is 2.82. The molecule has 2 heterocycles. The molecule has 0 atom stereocenters. The Morgan fingerprint density at radius 1 is 0.850 bits per heavy atom. The second kappa shape index (κ2) is 5.24. The topological polar surface area (TPSA) is 30.2 Å². The van der Waals surface area contributed by atoms with Crippen LogP contribution in [0.2, 0.25) is 25.5 Å². The summed E-state index contributed by atoms with van der Waals surface area (Å²) >= 11 is 30.0. The normalized spacial score (nSPS) is 11.2. The van der Waals surface area contributed by atoms with Crippen molar-refractivity contribution < 1.29 is 0 Å². The van der Waals surface area contributed by atoms with Crippen molar-refractivity contribution in [2.24, 2.45) is 0 Å². The van der Waals surface area contributed by atoms with Gasteiger partial charge < -0.3 is 0 Å². The molecule has 0 aliphatic carbocycles. The van der Waals surface area contributed by atoms with Crippen LogP contribution in [0.3, 0.4) is 0 Å². The largest absolute Gasteiger partial charge is 0.265 e. The van der Waals surface area contributed by atoms with E-state index in [1.54, 1.807) is 22.6 Å². The minimum absolute atomic E-state index is 0.204. The number of benzene rings is 1. The molecule has 0 amide bonds. The van der Waals surface area contributed by atoms with Crippen LogP contribution >= 0.6 is 58.0 Å². The van der Waals surface area contributed by atoms with Crippen molar-refractivity contribution in [3.05, 3.63) is 49.8 Å². The summed E-state index contributed by atoms with van der Waals surface area (Å²) in [5.74, 6) is 0.512. The standard InChI is InChI=1S/C12H4Cl5N3/c13-6-2-1-5(3-7(6)14)11-19-10(17)12-18-8(15)4-9(16)20(11)12/h1-4H. The van der Waals surface area contributed by atoms with E-state index in [0.29, 0.717) is 32.2 Å². The van der Waals surface area contributed by atoms with Crippen LogP contribution in [-0.4, -0.2) is 14.4 Å². The highest BCUT2D eigenvalue weighted by atomic mass is 35.5. The second-order valence-corrected chi connectivity index (χ2v) is 5.86. The third-order valence-electron chi connectivity index (χ3n) is 2.65. The molecule has 0 saturated carbocycles. The summed E-state index contributed by atoms with van der Waals surface area (Å²) in [6, 6.07) is 6.63. The van der Waals surface area contributed by atoms with E-state index in [9.17, 15) is 0 Å². The number of nitrogens with zero attached hydrogens (tertiary/aromatic N) is 3. The van der Waals surface area contributed by atoms with Crippen molar-refractivity contribution in [1.82, 2.24) is 14.4 Å². The van der Waals surface area contributed by atoms with Crippen LogP contribution in [0.1, 0.15) is 0 Å². The van der Waals surface area contributed by atoms with Crippen molar-refractivity contribution in [1.29, 1.82) is 0 Å². The first-order chi connectivity index (χ1) is 9.47. The van der Waals surface area contributed by atoms with Crippen LogP contribution in [-0.2, 0) is 0 Å². The molecule has 0 bridgehead atoms. The molecule has 0 unspecified atom stereocenters. The Kier molecular flexibility index (Phi) is 3.73. The van der Waals surface area contributed by atoms with Gasteiger partial charge in [-0.1, -0.05) is 58.0 Å². The van der Waals surface area contributed by atoms with Gasteiger partial charge >= 0.3 is 0 Å². The van der Waals surface area contributed by atoms with Gasteiger partial charge in [0.15, 0.2) is 10.8 Å². The molecule has 3 nitrogen and oxygen atoms in total. The van der Waals surface area contributed by atoms with E-state index in [-0.39, 0.29) is 10.3 Å². The highest BCUT2D eigenvalue weighted by molar-refractivity contribution is 6.42. The van der Waals surface area contributed by atoms with Crippen LogP contribution in [0.5, 0.6) is 0 Å². The zero-order chi connectivity index (χ0) is 14.4. The molecule has 3 rings (SSSR count). The lowest BCUT2D eigenvalue weighted by Gasteiger charge is -2.05. The Morgan fingerprint density at radius 3 is 2.30 bits per heavy atom. The van der Waals surface area contributed by atoms with Gasteiger partial charge in [-0.25, -0.2) is 9.97 Å². The van der Waals surface area contributed by atoms with Crippen molar-refractivity contribution in [2.75, 3.05) is 0 Å². The van der Waals surface area contributed by atoms with Crippen molar-refractivity contribution in [2.45, 2.75) is 0 Å². The highest BCUT2D eigenvalue weighted by Gasteiger charge is 2.16. The quantitative estimate of drug-likeness (QED) is 0.519. The average molecular weight is 367 g/mol. The maximum atomic E-state index is 6.18. The van der Waals surface area contributed by atoms with Crippen LogP contribution in [0.4, 0.5) is 0 Å². The van der Waals surface area contributed by atoms with Crippen LogP contribution in [0.25, 0.3) is 17.0 Å². The Bertz CT molecular complexity index is 828. The number of aromatic nitrogens is 3. The van der Waals surface area contributed by atoms with E-state index in [4.69, 9.17) is 58.0 Å². The summed E-state index contributed by atoms with van der Waals surface area (Å²) in [6.45, 7) is 0. The first-order valence-electron chi connectivity index (χ1n) is 5.33. The Balaban J connectivity index is 2.34. The number of rotatable bonds is 1. The predicted molar refractivity (Wildman–Crippen MR) is 83.5 cm³/mol. The highest BCUT2D eigenvalue weighted by Crippen LogP contribution is 2.32. The second-order valence-electron chi connectivity index (χ2n) is 3.92. The summed E-state index contributed by atoms with van der Waals surface area (Å²) in [5.41, 5.74) is 1.09. The number of hydrogen-bond acceptors (Lipinski definition) is 2. The van der Waals surface area contributed by atoms with Crippen molar-refractivity contribution in [3.63, 3.8) is 0 Å². The van der Waals surface area contributed by atoms with Gasteiger partial charge in [-0.05, 0) is 18.2 Å². The molecule has 0 N–H and O–H groups in total. The van der Waals surface area contributed by atoms with Gasteiger partial charge in [0.2, 0.25) is 0 Å². The van der Waals surface area contributed by atoms with Crippen molar-refractivity contribution >= 4 is 63.7 Å². The first-order valence-corrected chi connectivity index (χ1v) is 7.22. The monoisotopic (exact) mass is 365 g/mol. The zero-order valence-electron chi connectivity index (χ0n) is 9.54. The lowest BCUT2D eigenvalue weighted by molar-refractivity contribution is 1.12. The fourth-order valence-electron chi connectivity index (χ4n) is 1.81. The van der Waals surface area contributed by atoms with Crippen LogP contribution < -0.4 is 0 Å². The Hall–Kier alpha value is -0.710. The Morgan fingerprint density at radius 2 is 1.60 bits per heavy atom. The summed E-state index contributed by atoms with van der Waals surface area (Å²) in [7, 11) is 0. The zero-order valence-corrected chi connectivity index (χ0v) is 13.3. The van der Waals surface area contributed by atoms with E-state index in [0.717, 1.165) is 0 Å². The SMILES string of the molecule is Clc1cc(Cl)n2c(-c3ccc(Cl)c(Cl)c3)nc(Cl)c2n1. The minimum Gasteiger partial charge on any atom is -0.265 e. The van der Waals surface area contributed by atoms with E-state index in [1.807, 2.05) is 0 Å². The van der Waals surface area contributed by atoms with E-state index in [1.165, 1.54) is 6.07 Å². The molecular weight excluding hydrogens is 363 g/mol. The van der Waals surface area contributed by atoms with E-state index < -0.39 is 0 Å². The third-order valence-corrected chi connectivity index (χ3v) is 4.12. The molecule has 2 aromatic heterocycles. The van der Waals surface area contributed by atoms with Gasteiger partial charge in [0, 0.05) is 11.6 Å². The summed E-state index contributed by atoms with van der Waals surface area (Å²) in [5, 5.41) is 1.66. The number of hydrogen-bond donors (Lipinski definition) is 0. The van der Waals surface area contributed by atoms with Gasteiger partial charge in [-0.15, -0.1) is 0 Å². The van der Waals surface area contributed by atoms with E-state index >= 15 is 0 Å². The van der Waals surface area contributed by atoms with E-state index in [2.05, 4.69) is 9.97 Å². The third kappa shape index (κ3) is 2.34. The maximum absolute atomic E-state index is 6.18. The first kappa shape index (κ1) is 14.2. The lowest BCUT2D eigenvalue weighted by Crippen LogP contribution is -1.94. The molecule has 1 aromatic carbocycles. The molecule has 3 aromatic rings. The molecule has 0 radical (unpaired) electrons. The van der Waals surface area contributed by atoms with Gasteiger partial charge in [-0.3, -0.25) is 4.40 Å². The van der Waals surface area contributed by atoms with Gasteiger partial charge in [0.25, 0.3) is 0 Å². The van der Waals surface area contributed by atoms with Gasteiger partial charge in [0.1, 0.15) is 16.1 Å². The molecular formula is C12H4Cl5N3. The summed E-state index contributed by atoms with van der Waals surface area (Å²) < 4.78 is 1.59. The molecule has 0 aliphatic heterocycles. The Labute approximate surface area is 139 Å². The number of halogens is 5. The molecule has 0 fully saturated rings. The maximum Gasteiger partial charge on any atom is 0.179 e. The minimum atomic E-state index is 0.204. The predicted octanol–water partition coefficient (Wildman–Crippen LogP) is 5.66. The molecule has 0 aliphatic rings. The molecule has 102 valence electrons.